The summed E-state index contributed by atoms with van der Waals surface area (Å²) in [5.74, 6) is 0.111. The monoisotopic (exact) mass is 337 g/mol. The van der Waals surface area contributed by atoms with Gasteiger partial charge in [0.25, 0.3) is 0 Å². The average molecular weight is 338 g/mol. The second-order valence-corrected chi connectivity index (χ2v) is 7.36. The number of likely N-dealkylation sites (tertiary alicyclic amines) is 1. The Labute approximate surface area is 144 Å². The van der Waals surface area contributed by atoms with Crippen LogP contribution in [0.25, 0.3) is 0 Å². The van der Waals surface area contributed by atoms with Gasteiger partial charge in [0.2, 0.25) is 5.91 Å². The minimum Gasteiger partial charge on any atom is -0.353 e. The number of nitrogens with one attached hydrogen (secondary N) is 2. The third-order valence-electron chi connectivity index (χ3n) is 4.04. The zero-order chi connectivity index (χ0) is 17.0. The van der Waals surface area contributed by atoms with Gasteiger partial charge in [0, 0.05) is 36.2 Å². The van der Waals surface area contributed by atoms with Crippen LogP contribution in [0.5, 0.6) is 0 Å². The highest BCUT2D eigenvalue weighted by Gasteiger charge is 2.37. The fourth-order valence-corrected chi connectivity index (χ4v) is 3.36. The van der Waals surface area contributed by atoms with Gasteiger partial charge in [-0.25, -0.2) is 0 Å². The van der Waals surface area contributed by atoms with Crippen LogP contribution in [0.2, 0.25) is 5.02 Å². The lowest BCUT2D eigenvalue weighted by molar-refractivity contribution is -0.126. The Morgan fingerprint density at radius 1 is 1.26 bits per heavy atom. The molecule has 0 unspecified atom stereocenters. The van der Waals surface area contributed by atoms with Crippen LogP contribution in [-0.2, 0) is 11.3 Å². The van der Waals surface area contributed by atoms with Crippen molar-refractivity contribution in [2.45, 2.75) is 64.8 Å². The fourth-order valence-electron chi connectivity index (χ4n) is 3.17. The summed E-state index contributed by atoms with van der Waals surface area (Å²) in [6, 6.07) is 8.65. The van der Waals surface area contributed by atoms with Crippen LogP contribution in [0.4, 0.5) is 0 Å². The van der Waals surface area contributed by atoms with E-state index in [0.717, 1.165) is 23.6 Å². The van der Waals surface area contributed by atoms with Crippen LogP contribution < -0.4 is 10.6 Å². The van der Waals surface area contributed by atoms with Crippen LogP contribution in [0.3, 0.4) is 0 Å². The second-order valence-electron chi connectivity index (χ2n) is 6.95. The van der Waals surface area contributed by atoms with Crippen LogP contribution in [0, 0.1) is 0 Å². The molecule has 0 bridgehead atoms. The summed E-state index contributed by atoms with van der Waals surface area (Å²) in [5.41, 5.74) is 1.07. The van der Waals surface area contributed by atoms with Gasteiger partial charge in [0.1, 0.15) is 0 Å². The van der Waals surface area contributed by atoms with E-state index in [9.17, 15) is 4.79 Å². The van der Waals surface area contributed by atoms with E-state index in [1.54, 1.807) is 0 Å². The first kappa shape index (κ1) is 18.2. The largest absolute Gasteiger partial charge is 0.353 e. The fraction of sp³-hybridized carbons (Fsp3) is 0.611. The first-order chi connectivity index (χ1) is 10.9. The molecule has 1 aliphatic heterocycles. The molecule has 2 N–H and O–H groups in total. The number of rotatable bonds is 6. The Hall–Kier alpha value is -1.10. The summed E-state index contributed by atoms with van der Waals surface area (Å²) in [7, 11) is 0. The molecular weight excluding hydrogens is 310 g/mol. The van der Waals surface area contributed by atoms with Crippen molar-refractivity contribution in [2.75, 3.05) is 6.54 Å². The van der Waals surface area contributed by atoms with Crippen molar-refractivity contribution in [3.05, 3.63) is 34.9 Å². The number of carbonyl (C=O) groups is 1. The summed E-state index contributed by atoms with van der Waals surface area (Å²) in [6.07, 6.45) is 0.835. The molecule has 1 aromatic rings. The Bertz CT molecular complexity index is 533. The second kappa shape index (κ2) is 8.13. The highest BCUT2D eigenvalue weighted by atomic mass is 35.5. The Morgan fingerprint density at radius 2 is 1.96 bits per heavy atom. The Balaban J connectivity index is 2.12. The van der Waals surface area contributed by atoms with Gasteiger partial charge in [-0.15, -0.1) is 0 Å². The first-order valence-electron chi connectivity index (χ1n) is 8.40. The molecule has 0 aromatic heterocycles. The van der Waals surface area contributed by atoms with Gasteiger partial charge in [0.05, 0.1) is 6.04 Å². The smallest absolute Gasteiger partial charge is 0.237 e. The molecule has 5 heteroatoms. The third-order valence-corrected chi connectivity index (χ3v) is 4.41. The molecule has 1 heterocycles. The minimum atomic E-state index is -0.107. The van der Waals surface area contributed by atoms with Gasteiger partial charge in [-0.2, -0.15) is 0 Å². The van der Waals surface area contributed by atoms with E-state index < -0.39 is 0 Å². The normalized spacial score (nSPS) is 22.0. The number of nitrogens with zero attached hydrogens (tertiary/aromatic N) is 1. The molecule has 23 heavy (non-hydrogen) atoms. The van der Waals surface area contributed by atoms with Gasteiger partial charge in [-0.05, 0) is 31.9 Å². The molecule has 1 fully saturated rings. The van der Waals surface area contributed by atoms with Crippen LogP contribution in [-0.4, -0.2) is 41.5 Å². The minimum absolute atomic E-state index is 0.107. The number of benzene rings is 1. The first-order valence-corrected chi connectivity index (χ1v) is 8.78. The van der Waals surface area contributed by atoms with Crippen molar-refractivity contribution in [3.8, 4) is 0 Å². The van der Waals surface area contributed by atoms with Crippen LogP contribution in [0.1, 0.15) is 39.7 Å². The van der Waals surface area contributed by atoms with Gasteiger partial charge < -0.3 is 10.6 Å². The lowest BCUT2D eigenvalue weighted by Crippen LogP contribution is -2.45. The van der Waals surface area contributed by atoms with Crippen molar-refractivity contribution in [1.29, 1.82) is 0 Å². The predicted molar refractivity (Wildman–Crippen MR) is 95.6 cm³/mol. The van der Waals surface area contributed by atoms with Gasteiger partial charge >= 0.3 is 0 Å². The number of halogens is 1. The lowest BCUT2D eigenvalue weighted by atomic mass is 10.1. The number of hydrogen-bond donors (Lipinski definition) is 2. The molecular formula is C18H28ClN3O. The van der Waals surface area contributed by atoms with Gasteiger partial charge in [-0.3, -0.25) is 9.69 Å². The van der Waals surface area contributed by atoms with Crippen LogP contribution in [0.15, 0.2) is 24.3 Å². The lowest BCUT2D eigenvalue weighted by Gasteiger charge is -2.24. The van der Waals surface area contributed by atoms with Crippen molar-refractivity contribution < 1.29 is 4.79 Å². The molecule has 1 amide bonds. The van der Waals surface area contributed by atoms with Crippen molar-refractivity contribution in [2.24, 2.45) is 0 Å². The number of amides is 1. The van der Waals surface area contributed by atoms with Crippen molar-refractivity contribution in [3.63, 3.8) is 0 Å². The molecule has 1 aromatic carbocycles. The molecule has 0 radical (unpaired) electrons. The summed E-state index contributed by atoms with van der Waals surface area (Å²) in [5, 5.41) is 7.36. The van der Waals surface area contributed by atoms with E-state index in [1.165, 1.54) is 0 Å². The quantitative estimate of drug-likeness (QED) is 0.839. The standard InChI is InChI=1S/C18H28ClN3O/c1-12(2)20-15-9-17(18(23)21-13(3)4)22(11-15)10-14-7-5-6-8-16(14)19/h5-8,12-13,15,17,20H,9-11H2,1-4H3,(H,21,23)/t15-,17+/m1/s1. The average Bonchev–Trinajstić information content (AvgIpc) is 2.82. The van der Waals surface area contributed by atoms with Crippen LogP contribution >= 0.6 is 11.6 Å². The van der Waals surface area contributed by atoms with E-state index in [4.69, 9.17) is 11.6 Å². The Morgan fingerprint density at radius 3 is 2.57 bits per heavy atom. The number of carbonyl (C=O) groups excluding carboxylic acids is 1. The maximum atomic E-state index is 12.6. The highest BCUT2D eigenvalue weighted by Crippen LogP contribution is 2.24. The maximum Gasteiger partial charge on any atom is 0.237 e. The highest BCUT2D eigenvalue weighted by molar-refractivity contribution is 6.31. The molecule has 4 nitrogen and oxygen atoms in total. The van der Waals surface area contributed by atoms with Gasteiger partial charge in [-0.1, -0.05) is 43.6 Å². The zero-order valence-electron chi connectivity index (χ0n) is 14.5. The molecule has 0 saturated carbocycles. The van der Waals surface area contributed by atoms with E-state index in [-0.39, 0.29) is 18.0 Å². The molecule has 1 aliphatic rings. The molecule has 128 valence electrons. The molecule has 0 aliphatic carbocycles. The molecule has 0 spiro atoms. The van der Waals surface area contributed by atoms with E-state index in [2.05, 4.69) is 29.4 Å². The van der Waals surface area contributed by atoms with E-state index in [1.807, 2.05) is 38.1 Å². The van der Waals surface area contributed by atoms with E-state index >= 15 is 0 Å². The Kier molecular flexibility index (Phi) is 6.45. The van der Waals surface area contributed by atoms with E-state index in [0.29, 0.717) is 18.6 Å². The molecule has 2 rings (SSSR count). The summed E-state index contributed by atoms with van der Waals surface area (Å²) >= 11 is 6.29. The predicted octanol–water partition coefficient (Wildman–Crippen LogP) is 2.81. The summed E-state index contributed by atoms with van der Waals surface area (Å²) in [4.78, 5) is 14.8. The number of hydrogen-bond acceptors (Lipinski definition) is 3. The topological polar surface area (TPSA) is 44.4 Å². The zero-order valence-corrected chi connectivity index (χ0v) is 15.2. The molecule has 2 atom stereocenters. The summed E-state index contributed by atoms with van der Waals surface area (Å²) in [6.45, 7) is 9.83. The van der Waals surface area contributed by atoms with Crippen molar-refractivity contribution >= 4 is 17.5 Å². The SMILES string of the molecule is CC(C)NC(=O)[C@@H]1C[C@@H](NC(C)C)CN1Cc1ccccc1Cl. The summed E-state index contributed by atoms with van der Waals surface area (Å²) < 4.78 is 0. The third kappa shape index (κ3) is 5.20. The molecule has 1 saturated heterocycles. The van der Waals surface area contributed by atoms with Gasteiger partial charge in [0.15, 0.2) is 0 Å². The van der Waals surface area contributed by atoms with Crippen molar-refractivity contribution in [1.82, 2.24) is 15.5 Å². The maximum absolute atomic E-state index is 12.6.